The van der Waals surface area contributed by atoms with Gasteiger partial charge in [-0.15, -0.1) is 0 Å². The lowest BCUT2D eigenvalue weighted by Gasteiger charge is -2.29. The molecule has 1 saturated carbocycles. The van der Waals surface area contributed by atoms with Gasteiger partial charge in [0.25, 0.3) is 5.91 Å². The van der Waals surface area contributed by atoms with Crippen LogP contribution < -0.4 is 10.5 Å². The van der Waals surface area contributed by atoms with Crippen LogP contribution in [0.5, 0.6) is 5.75 Å². The third-order valence-electron chi connectivity index (χ3n) is 6.29. The number of hydrogen-bond acceptors (Lipinski definition) is 5. The molecule has 2 aliphatic rings. The van der Waals surface area contributed by atoms with Crippen molar-refractivity contribution in [3.05, 3.63) is 64.5 Å². The van der Waals surface area contributed by atoms with Gasteiger partial charge in [-0.2, -0.15) is 13.2 Å². The van der Waals surface area contributed by atoms with Crippen molar-refractivity contribution in [3.8, 4) is 5.75 Å². The van der Waals surface area contributed by atoms with Gasteiger partial charge in [-0.1, -0.05) is 6.07 Å². The van der Waals surface area contributed by atoms with Crippen molar-refractivity contribution >= 4 is 22.6 Å². The number of rotatable bonds is 5. The molecule has 1 fully saturated rings. The van der Waals surface area contributed by atoms with Crippen LogP contribution >= 0.6 is 0 Å². The molecule has 1 aromatic heterocycles. The number of halogens is 4. The molecule has 0 bridgehead atoms. The van der Waals surface area contributed by atoms with E-state index in [-0.39, 0.29) is 41.8 Å². The molecule has 0 saturated heterocycles. The fraction of sp³-hybridized carbons (Fsp3) is 0.333. The summed E-state index contributed by atoms with van der Waals surface area (Å²) in [7, 11) is 0. The van der Waals surface area contributed by atoms with Crippen LogP contribution in [-0.2, 0) is 12.8 Å². The van der Waals surface area contributed by atoms with Crippen LogP contribution in [0.2, 0.25) is 0 Å². The molecule has 1 aliphatic heterocycles. The van der Waals surface area contributed by atoms with Crippen LogP contribution in [0.1, 0.15) is 45.9 Å². The van der Waals surface area contributed by atoms with E-state index >= 15 is 4.39 Å². The molecule has 1 amide bonds. The van der Waals surface area contributed by atoms with Crippen molar-refractivity contribution in [2.24, 2.45) is 5.92 Å². The lowest BCUT2D eigenvalue weighted by atomic mass is 10.0. The molecule has 3 aromatic rings. The normalized spacial score (nSPS) is 17.5. The second kappa shape index (κ2) is 8.12. The van der Waals surface area contributed by atoms with E-state index in [0.29, 0.717) is 23.1 Å². The van der Waals surface area contributed by atoms with Crippen LogP contribution in [0.4, 0.5) is 23.4 Å². The van der Waals surface area contributed by atoms with Gasteiger partial charge < -0.3 is 20.5 Å². The second-order valence-electron chi connectivity index (χ2n) is 8.69. The van der Waals surface area contributed by atoms with E-state index < -0.39 is 29.5 Å². The molecular weight excluding hydrogens is 454 g/mol. The molecule has 10 heteroatoms. The van der Waals surface area contributed by atoms with Crippen LogP contribution in [0, 0.1) is 11.7 Å². The van der Waals surface area contributed by atoms with E-state index in [9.17, 15) is 23.1 Å². The highest BCUT2D eigenvalue weighted by Crippen LogP contribution is 2.42. The molecule has 6 nitrogen and oxygen atoms in total. The summed E-state index contributed by atoms with van der Waals surface area (Å²) >= 11 is 0. The van der Waals surface area contributed by atoms with Crippen molar-refractivity contribution < 1.29 is 32.2 Å². The number of alkyl halides is 3. The minimum atomic E-state index is -4.52. The number of nitrogen functional groups attached to an aromatic ring is 1. The molecular formula is C24H21F4N3O3. The first-order valence-corrected chi connectivity index (χ1v) is 10.8. The summed E-state index contributed by atoms with van der Waals surface area (Å²) < 4.78 is 59.9. The van der Waals surface area contributed by atoms with Crippen LogP contribution in [0.25, 0.3) is 10.9 Å². The molecule has 1 aliphatic carbocycles. The number of amides is 1. The Balaban J connectivity index is 1.54. The lowest BCUT2D eigenvalue weighted by molar-refractivity contribution is -0.137. The molecule has 1 atom stereocenters. The van der Waals surface area contributed by atoms with Gasteiger partial charge >= 0.3 is 6.18 Å². The summed E-state index contributed by atoms with van der Waals surface area (Å²) in [6.45, 7) is -0.0679. The molecule has 2 aromatic carbocycles. The maximum atomic E-state index is 15.1. The Labute approximate surface area is 191 Å². The maximum absolute atomic E-state index is 15.1. The van der Waals surface area contributed by atoms with Gasteiger partial charge in [-0.3, -0.25) is 4.79 Å². The minimum absolute atomic E-state index is 0.0235. The number of ether oxygens (including phenoxy) is 1. The molecule has 0 spiro atoms. The molecule has 178 valence electrons. The lowest BCUT2D eigenvalue weighted by Crippen LogP contribution is -2.38. The van der Waals surface area contributed by atoms with Gasteiger partial charge in [-0.05, 0) is 48.6 Å². The highest BCUT2D eigenvalue weighted by atomic mass is 19.4. The number of fused-ring (bicyclic) bond motifs is 2. The van der Waals surface area contributed by atoms with Crippen molar-refractivity contribution in [2.75, 3.05) is 18.9 Å². The van der Waals surface area contributed by atoms with Crippen LogP contribution in [0.15, 0.2) is 36.4 Å². The Morgan fingerprint density at radius 1 is 1.21 bits per heavy atom. The van der Waals surface area contributed by atoms with Crippen molar-refractivity contribution in [3.63, 3.8) is 0 Å². The average Bonchev–Trinajstić information content (AvgIpc) is 3.51. The average molecular weight is 475 g/mol. The summed E-state index contributed by atoms with van der Waals surface area (Å²) in [5, 5.41) is 10.1. The number of anilines is 1. The fourth-order valence-electron chi connectivity index (χ4n) is 4.35. The van der Waals surface area contributed by atoms with Crippen molar-refractivity contribution in [2.45, 2.75) is 31.7 Å². The van der Waals surface area contributed by atoms with E-state index in [1.165, 1.54) is 23.1 Å². The first kappa shape index (κ1) is 22.4. The number of carbonyl (C=O) groups excluding carboxylic acids is 1. The highest BCUT2D eigenvalue weighted by molar-refractivity contribution is 5.99. The SMILES string of the molecule is Nc1cc(CO)c2cc(C(=O)N(CC3CC3)C3COc4cc(C(F)(F)F)ccc43)c(F)cc2n1. The summed E-state index contributed by atoms with van der Waals surface area (Å²) in [5.41, 5.74) is 5.73. The zero-order chi connectivity index (χ0) is 24.2. The fourth-order valence-corrected chi connectivity index (χ4v) is 4.35. The summed E-state index contributed by atoms with van der Waals surface area (Å²) in [6, 6.07) is 6.44. The predicted octanol–water partition coefficient (Wildman–Crippen LogP) is 4.45. The molecule has 5 rings (SSSR count). The van der Waals surface area contributed by atoms with Gasteiger partial charge in [0.1, 0.15) is 24.0 Å². The van der Waals surface area contributed by atoms with Gasteiger partial charge in [0.2, 0.25) is 0 Å². The number of benzene rings is 2. The third kappa shape index (κ3) is 4.02. The monoisotopic (exact) mass is 475 g/mol. The number of pyridine rings is 1. The highest BCUT2D eigenvalue weighted by Gasteiger charge is 2.39. The topological polar surface area (TPSA) is 88.7 Å². The zero-order valence-corrected chi connectivity index (χ0v) is 17.9. The van der Waals surface area contributed by atoms with E-state index in [2.05, 4.69) is 4.98 Å². The second-order valence-corrected chi connectivity index (χ2v) is 8.69. The summed E-state index contributed by atoms with van der Waals surface area (Å²) in [6.07, 6.45) is -2.69. The van der Waals surface area contributed by atoms with Crippen LogP contribution in [-0.4, -0.2) is 34.0 Å². The zero-order valence-electron chi connectivity index (χ0n) is 17.9. The standard InChI is InChI=1S/C24H21F4N3O3/c25-18-8-19-16(13(10-32)5-22(29)30-19)7-17(18)23(33)31(9-12-1-2-12)20-11-34-21-6-14(24(26,27)28)3-4-15(20)21/h3-8,12,20,32H,1-2,9-11H2,(H2,29,30). The van der Waals surface area contributed by atoms with Crippen molar-refractivity contribution in [1.29, 1.82) is 0 Å². The van der Waals surface area contributed by atoms with Crippen LogP contribution in [0.3, 0.4) is 0 Å². The molecule has 0 radical (unpaired) electrons. The summed E-state index contributed by atoms with van der Waals surface area (Å²) in [4.78, 5) is 19.2. The first-order valence-electron chi connectivity index (χ1n) is 10.8. The molecule has 1 unspecified atom stereocenters. The molecule has 34 heavy (non-hydrogen) atoms. The molecule has 3 N–H and O–H groups in total. The number of carbonyl (C=O) groups is 1. The minimum Gasteiger partial charge on any atom is -0.491 e. The number of aliphatic hydroxyl groups excluding tert-OH is 1. The Hall–Kier alpha value is -3.40. The number of aromatic nitrogens is 1. The Bertz CT molecular complexity index is 1290. The Morgan fingerprint density at radius 3 is 2.65 bits per heavy atom. The number of nitrogens with two attached hydrogens (primary N) is 1. The number of aliphatic hydroxyl groups is 1. The maximum Gasteiger partial charge on any atom is 0.416 e. The van der Waals surface area contributed by atoms with Gasteiger partial charge in [0.15, 0.2) is 0 Å². The quantitative estimate of drug-likeness (QED) is 0.533. The van der Waals surface area contributed by atoms with Gasteiger partial charge in [0, 0.05) is 23.6 Å². The van der Waals surface area contributed by atoms with Gasteiger partial charge in [0.05, 0.1) is 29.3 Å². The van der Waals surface area contributed by atoms with E-state index in [0.717, 1.165) is 31.0 Å². The third-order valence-corrected chi connectivity index (χ3v) is 6.29. The predicted molar refractivity (Wildman–Crippen MR) is 115 cm³/mol. The number of nitrogens with zero attached hydrogens (tertiary/aromatic N) is 2. The molecule has 2 heterocycles. The van der Waals surface area contributed by atoms with E-state index in [1.807, 2.05) is 0 Å². The van der Waals surface area contributed by atoms with E-state index in [1.54, 1.807) is 0 Å². The van der Waals surface area contributed by atoms with Gasteiger partial charge in [-0.25, -0.2) is 9.37 Å². The number of hydrogen-bond donors (Lipinski definition) is 2. The Kier molecular flexibility index (Phi) is 5.35. The summed E-state index contributed by atoms with van der Waals surface area (Å²) in [5.74, 6) is -0.987. The first-order chi connectivity index (χ1) is 16.2. The smallest absolute Gasteiger partial charge is 0.416 e. The largest absolute Gasteiger partial charge is 0.491 e. The van der Waals surface area contributed by atoms with Crippen molar-refractivity contribution in [1.82, 2.24) is 9.88 Å². The van der Waals surface area contributed by atoms with E-state index in [4.69, 9.17) is 10.5 Å². The Morgan fingerprint density at radius 2 is 1.97 bits per heavy atom.